The zero-order valence-electron chi connectivity index (χ0n) is 12.9. The number of benzene rings is 1. The number of nitrogens with one attached hydrogen (secondary N) is 1. The third-order valence-electron chi connectivity index (χ3n) is 3.63. The van der Waals surface area contributed by atoms with Crippen LogP contribution in [0.5, 0.6) is 0 Å². The molecule has 0 saturated heterocycles. The zero-order chi connectivity index (χ0) is 14.9. The molecular formula is C16H23N3O. The number of fused-ring (bicyclic) bond motifs is 1. The summed E-state index contributed by atoms with van der Waals surface area (Å²) in [6, 6.07) is 6.28. The zero-order valence-corrected chi connectivity index (χ0v) is 12.9. The van der Waals surface area contributed by atoms with Crippen molar-refractivity contribution in [3.8, 4) is 0 Å². The van der Waals surface area contributed by atoms with E-state index in [-0.39, 0.29) is 11.9 Å². The van der Waals surface area contributed by atoms with E-state index in [2.05, 4.69) is 35.6 Å². The van der Waals surface area contributed by atoms with E-state index in [0.29, 0.717) is 11.6 Å². The normalized spacial score (nSPS) is 12.9. The molecule has 1 amide bonds. The summed E-state index contributed by atoms with van der Waals surface area (Å²) in [6.07, 6.45) is 0.926. The van der Waals surface area contributed by atoms with Crippen LogP contribution in [0, 0.1) is 6.92 Å². The second-order valence-electron chi connectivity index (χ2n) is 5.61. The van der Waals surface area contributed by atoms with Crippen molar-refractivity contribution >= 4 is 16.9 Å². The average Bonchev–Trinajstić information content (AvgIpc) is 2.73. The minimum absolute atomic E-state index is 0.0296. The van der Waals surface area contributed by atoms with E-state index < -0.39 is 0 Å². The summed E-state index contributed by atoms with van der Waals surface area (Å²) in [5.74, 6) is 0.951. The number of carbonyl (C=O) groups is 1. The molecule has 108 valence electrons. The van der Waals surface area contributed by atoms with Gasteiger partial charge in [-0.3, -0.25) is 4.79 Å². The van der Waals surface area contributed by atoms with Crippen LogP contribution in [0.25, 0.3) is 11.0 Å². The summed E-state index contributed by atoms with van der Waals surface area (Å²) in [7, 11) is 0. The van der Waals surface area contributed by atoms with Crippen molar-refractivity contribution in [3.05, 3.63) is 29.6 Å². The summed E-state index contributed by atoms with van der Waals surface area (Å²) in [5, 5.41) is 2.98. The van der Waals surface area contributed by atoms with E-state index in [0.717, 1.165) is 23.3 Å². The largest absolute Gasteiger partial charge is 0.350 e. The summed E-state index contributed by atoms with van der Waals surface area (Å²) in [6.45, 7) is 10.3. The molecule has 2 rings (SSSR count). The highest BCUT2D eigenvalue weighted by Crippen LogP contribution is 2.21. The highest BCUT2D eigenvalue weighted by molar-refractivity contribution is 5.97. The number of rotatable bonds is 4. The van der Waals surface area contributed by atoms with Crippen molar-refractivity contribution in [2.24, 2.45) is 0 Å². The predicted octanol–water partition coefficient (Wildman–Crippen LogP) is 3.45. The first kappa shape index (κ1) is 14.6. The molecule has 1 atom stereocenters. The third-order valence-corrected chi connectivity index (χ3v) is 3.63. The molecule has 0 aliphatic heterocycles. The van der Waals surface area contributed by atoms with Crippen molar-refractivity contribution in [2.45, 2.75) is 53.1 Å². The maximum atomic E-state index is 12.1. The molecule has 20 heavy (non-hydrogen) atoms. The van der Waals surface area contributed by atoms with Gasteiger partial charge in [0.2, 0.25) is 0 Å². The van der Waals surface area contributed by atoms with Gasteiger partial charge < -0.3 is 9.88 Å². The molecule has 1 heterocycles. The number of amides is 1. The van der Waals surface area contributed by atoms with Gasteiger partial charge in [0, 0.05) is 17.6 Å². The molecule has 1 N–H and O–H groups in total. The molecule has 1 aromatic heterocycles. The number of hydrogen-bond acceptors (Lipinski definition) is 2. The van der Waals surface area contributed by atoms with Gasteiger partial charge in [0.05, 0.1) is 11.0 Å². The molecule has 4 heteroatoms. The van der Waals surface area contributed by atoms with E-state index >= 15 is 0 Å². The second-order valence-corrected chi connectivity index (χ2v) is 5.61. The van der Waals surface area contributed by atoms with Crippen molar-refractivity contribution in [2.75, 3.05) is 0 Å². The van der Waals surface area contributed by atoms with Gasteiger partial charge >= 0.3 is 0 Å². The van der Waals surface area contributed by atoms with Gasteiger partial charge in [-0.2, -0.15) is 0 Å². The number of carbonyl (C=O) groups excluding carboxylic acids is 1. The Balaban J connectivity index is 2.38. The Labute approximate surface area is 120 Å². The van der Waals surface area contributed by atoms with Crippen molar-refractivity contribution in [1.29, 1.82) is 0 Å². The Bertz CT molecular complexity index is 628. The van der Waals surface area contributed by atoms with E-state index in [1.54, 1.807) is 0 Å². The first-order valence-corrected chi connectivity index (χ1v) is 7.23. The predicted molar refractivity (Wildman–Crippen MR) is 82.1 cm³/mol. The lowest BCUT2D eigenvalue weighted by atomic mass is 10.1. The number of aromatic nitrogens is 2. The quantitative estimate of drug-likeness (QED) is 0.927. The maximum Gasteiger partial charge on any atom is 0.251 e. The molecule has 0 saturated carbocycles. The fourth-order valence-electron chi connectivity index (χ4n) is 2.42. The Morgan fingerprint density at radius 1 is 1.35 bits per heavy atom. The Kier molecular flexibility index (Phi) is 4.12. The highest BCUT2D eigenvalue weighted by atomic mass is 16.1. The third kappa shape index (κ3) is 2.69. The fraction of sp³-hybridized carbons (Fsp3) is 0.500. The van der Waals surface area contributed by atoms with Crippen LogP contribution in [0.15, 0.2) is 18.2 Å². The maximum absolute atomic E-state index is 12.1. The minimum atomic E-state index is -0.0296. The van der Waals surface area contributed by atoms with Gasteiger partial charge in [0.15, 0.2) is 0 Å². The van der Waals surface area contributed by atoms with Gasteiger partial charge in [0.1, 0.15) is 5.82 Å². The van der Waals surface area contributed by atoms with Crippen molar-refractivity contribution < 1.29 is 4.79 Å². The molecule has 0 aliphatic carbocycles. The van der Waals surface area contributed by atoms with Gasteiger partial charge in [-0.05, 0) is 52.3 Å². The lowest BCUT2D eigenvalue weighted by Gasteiger charge is -2.12. The smallest absolute Gasteiger partial charge is 0.251 e. The van der Waals surface area contributed by atoms with Gasteiger partial charge in [0.25, 0.3) is 5.91 Å². The average molecular weight is 273 g/mol. The molecule has 2 aromatic rings. The van der Waals surface area contributed by atoms with Crippen LogP contribution in [0.2, 0.25) is 0 Å². The second kappa shape index (κ2) is 5.65. The van der Waals surface area contributed by atoms with Crippen LogP contribution >= 0.6 is 0 Å². The standard InChI is InChI=1S/C16H23N3O/c1-6-11(4)17-16(20)13-7-8-15-14(9-13)18-12(5)19(15)10(2)3/h7-11H,6H2,1-5H3,(H,17,20). The Morgan fingerprint density at radius 3 is 2.65 bits per heavy atom. The first-order chi connectivity index (χ1) is 9.43. The molecule has 0 bridgehead atoms. The molecule has 0 radical (unpaired) electrons. The summed E-state index contributed by atoms with van der Waals surface area (Å²) in [4.78, 5) is 16.7. The van der Waals surface area contributed by atoms with Crippen LogP contribution in [-0.2, 0) is 0 Å². The van der Waals surface area contributed by atoms with Gasteiger partial charge in [-0.25, -0.2) is 4.98 Å². The number of hydrogen-bond donors (Lipinski definition) is 1. The van der Waals surface area contributed by atoms with E-state index in [4.69, 9.17) is 0 Å². The molecular weight excluding hydrogens is 250 g/mol. The monoisotopic (exact) mass is 273 g/mol. The Morgan fingerprint density at radius 2 is 2.05 bits per heavy atom. The topological polar surface area (TPSA) is 46.9 Å². The molecule has 0 spiro atoms. The summed E-state index contributed by atoms with van der Waals surface area (Å²) < 4.78 is 2.19. The van der Waals surface area contributed by atoms with Gasteiger partial charge in [-0.15, -0.1) is 0 Å². The van der Waals surface area contributed by atoms with E-state index in [1.807, 2.05) is 32.0 Å². The lowest BCUT2D eigenvalue weighted by molar-refractivity contribution is 0.0939. The fourth-order valence-corrected chi connectivity index (χ4v) is 2.42. The first-order valence-electron chi connectivity index (χ1n) is 7.23. The van der Waals surface area contributed by atoms with Gasteiger partial charge in [-0.1, -0.05) is 6.92 Å². The van der Waals surface area contributed by atoms with Crippen LogP contribution in [0.4, 0.5) is 0 Å². The lowest BCUT2D eigenvalue weighted by Crippen LogP contribution is -2.31. The SMILES string of the molecule is CCC(C)NC(=O)c1ccc2c(c1)nc(C)n2C(C)C. The number of imidazole rings is 1. The summed E-state index contributed by atoms with van der Waals surface area (Å²) >= 11 is 0. The number of aryl methyl sites for hydroxylation is 1. The molecule has 0 aliphatic rings. The molecule has 4 nitrogen and oxygen atoms in total. The summed E-state index contributed by atoms with van der Waals surface area (Å²) in [5.41, 5.74) is 2.64. The van der Waals surface area contributed by atoms with E-state index in [1.165, 1.54) is 0 Å². The van der Waals surface area contributed by atoms with Crippen LogP contribution < -0.4 is 5.32 Å². The van der Waals surface area contributed by atoms with Crippen molar-refractivity contribution in [1.82, 2.24) is 14.9 Å². The van der Waals surface area contributed by atoms with Crippen LogP contribution in [-0.4, -0.2) is 21.5 Å². The minimum Gasteiger partial charge on any atom is -0.350 e. The highest BCUT2D eigenvalue weighted by Gasteiger charge is 2.13. The number of nitrogens with zero attached hydrogens (tertiary/aromatic N) is 2. The molecule has 1 aromatic carbocycles. The molecule has 1 unspecified atom stereocenters. The van der Waals surface area contributed by atoms with E-state index in [9.17, 15) is 4.79 Å². The van der Waals surface area contributed by atoms with Crippen LogP contribution in [0.1, 0.15) is 56.3 Å². The van der Waals surface area contributed by atoms with Crippen molar-refractivity contribution in [3.63, 3.8) is 0 Å². The molecule has 0 fully saturated rings. The van der Waals surface area contributed by atoms with Crippen LogP contribution in [0.3, 0.4) is 0 Å². The Hall–Kier alpha value is -1.84.